The second-order valence-corrected chi connectivity index (χ2v) is 7.33. The highest BCUT2D eigenvalue weighted by Gasteiger charge is 2.25. The highest BCUT2D eigenvalue weighted by molar-refractivity contribution is 6.10. The lowest BCUT2D eigenvalue weighted by Crippen LogP contribution is -2.32. The summed E-state index contributed by atoms with van der Waals surface area (Å²) in [7, 11) is 0. The molecule has 1 saturated heterocycles. The van der Waals surface area contributed by atoms with Crippen molar-refractivity contribution in [2.45, 2.75) is 18.9 Å². The number of carbonyl (C=O) groups excluding carboxylic acids is 1. The van der Waals surface area contributed by atoms with E-state index in [1.807, 2.05) is 36.4 Å². The van der Waals surface area contributed by atoms with Gasteiger partial charge in [-0.3, -0.25) is 9.78 Å². The Morgan fingerprint density at radius 2 is 2.00 bits per heavy atom. The minimum absolute atomic E-state index is 0.0233. The Kier molecular flexibility index (Phi) is 5.01. The van der Waals surface area contributed by atoms with Gasteiger partial charge in [-0.2, -0.15) is 9.78 Å². The van der Waals surface area contributed by atoms with Crippen molar-refractivity contribution in [3.8, 4) is 0 Å². The summed E-state index contributed by atoms with van der Waals surface area (Å²) >= 11 is 0. The number of amides is 1. The number of carbonyl (C=O) groups is 1. The lowest BCUT2D eigenvalue weighted by molar-refractivity contribution is 0.0859. The van der Waals surface area contributed by atoms with E-state index in [1.165, 1.54) is 4.68 Å². The monoisotopic (exact) mass is 415 g/mol. The van der Waals surface area contributed by atoms with Gasteiger partial charge in [0.05, 0.1) is 23.4 Å². The second-order valence-electron chi connectivity index (χ2n) is 7.33. The highest BCUT2D eigenvalue weighted by Crippen LogP contribution is 2.28. The molecule has 1 aromatic carbocycles. The number of hydrogen-bond donors (Lipinski definition) is 2. The third-order valence-corrected chi connectivity index (χ3v) is 5.24. The Bertz CT molecular complexity index is 1280. The fourth-order valence-corrected chi connectivity index (χ4v) is 3.66. The third kappa shape index (κ3) is 3.71. The van der Waals surface area contributed by atoms with Crippen molar-refractivity contribution in [3.63, 3.8) is 0 Å². The smallest absolute Gasteiger partial charge is 0.257 e. The number of hydrogen-bond acceptors (Lipinski definition) is 7. The molecule has 0 spiro atoms. The van der Waals surface area contributed by atoms with E-state index in [1.54, 1.807) is 18.6 Å². The predicted octanol–water partition coefficient (Wildman–Crippen LogP) is 2.35. The van der Waals surface area contributed by atoms with Crippen molar-refractivity contribution in [2.24, 2.45) is 5.10 Å². The molecule has 3 aromatic heterocycles. The van der Waals surface area contributed by atoms with Crippen molar-refractivity contribution in [2.75, 3.05) is 18.9 Å². The predicted molar refractivity (Wildman–Crippen MR) is 118 cm³/mol. The molecule has 4 heterocycles. The molecule has 9 nitrogen and oxygen atoms in total. The first kappa shape index (κ1) is 19.1. The number of benzene rings is 1. The molecule has 31 heavy (non-hydrogen) atoms. The third-order valence-electron chi connectivity index (χ3n) is 5.24. The topological polar surface area (TPSA) is 120 Å². The van der Waals surface area contributed by atoms with Crippen LogP contribution in [0.3, 0.4) is 0 Å². The van der Waals surface area contributed by atoms with E-state index in [0.29, 0.717) is 28.7 Å². The van der Waals surface area contributed by atoms with Gasteiger partial charge in [-0.1, -0.05) is 12.1 Å². The first-order valence-corrected chi connectivity index (χ1v) is 10.1. The van der Waals surface area contributed by atoms with Crippen molar-refractivity contribution < 1.29 is 9.53 Å². The van der Waals surface area contributed by atoms with Crippen LogP contribution in [-0.4, -0.2) is 51.0 Å². The molecule has 1 atom stereocenters. The van der Waals surface area contributed by atoms with Crippen LogP contribution in [0.25, 0.3) is 22.2 Å². The van der Waals surface area contributed by atoms with Gasteiger partial charge in [0.25, 0.3) is 5.91 Å². The Labute approximate surface area is 178 Å². The van der Waals surface area contributed by atoms with E-state index in [2.05, 4.69) is 25.4 Å². The maximum absolute atomic E-state index is 13.1. The molecule has 4 aromatic rings. The Morgan fingerprint density at radius 1 is 1.23 bits per heavy atom. The summed E-state index contributed by atoms with van der Waals surface area (Å²) in [5, 5.41) is 7.41. The zero-order chi connectivity index (χ0) is 21.2. The Hall–Kier alpha value is -3.85. The summed E-state index contributed by atoms with van der Waals surface area (Å²) < 4.78 is 7.05. The zero-order valence-corrected chi connectivity index (χ0v) is 16.7. The van der Waals surface area contributed by atoms with Gasteiger partial charge in [-0.15, -0.1) is 0 Å². The average Bonchev–Trinajstić information content (AvgIpc) is 3.41. The zero-order valence-electron chi connectivity index (χ0n) is 16.7. The fourth-order valence-electron chi connectivity index (χ4n) is 3.66. The molecule has 0 bridgehead atoms. The molecule has 5 rings (SSSR count). The van der Waals surface area contributed by atoms with Crippen molar-refractivity contribution in [1.29, 1.82) is 0 Å². The number of anilines is 1. The van der Waals surface area contributed by atoms with Crippen molar-refractivity contribution in [1.82, 2.24) is 24.9 Å². The Morgan fingerprint density at radius 3 is 2.74 bits per heavy atom. The number of pyridine rings is 1. The standard InChI is InChI=1S/C22H21N7O2/c23-20-18(22(30)25-13-15-4-3-11-31-15)19-21(28-17-6-2-1-5-16(17)27-19)29(20)26-12-14-7-9-24-10-8-14/h1-2,5-10,12,15H,3-4,11,13,23H2,(H,25,30)/t15-/m0/s1. The second kappa shape index (κ2) is 8.11. The van der Waals surface area contributed by atoms with Crippen LogP contribution in [0.2, 0.25) is 0 Å². The number of rotatable bonds is 5. The largest absolute Gasteiger partial charge is 0.383 e. The fraction of sp³-hybridized carbons (Fsp3) is 0.227. The number of aromatic nitrogens is 4. The van der Waals surface area contributed by atoms with Gasteiger partial charge in [-0.05, 0) is 42.7 Å². The van der Waals surface area contributed by atoms with Gasteiger partial charge in [0.15, 0.2) is 5.65 Å². The number of nitrogens with two attached hydrogens (primary N) is 1. The van der Waals surface area contributed by atoms with Crippen LogP contribution in [0.15, 0.2) is 53.9 Å². The lowest BCUT2D eigenvalue weighted by atomic mass is 10.2. The Balaban J connectivity index is 1.59. The van der Waals surface area contributed by atoms with Gasteiger partial charge >= 0.3 is 0 Å². The number of fused-ring (bicyclic) bond motifs is 2. The number of nitrogen functional groups attached to an aromatic ring is 1. The van der Waals surface area contributed by atoms with Gasteiger partial charge in [0.1, 0.15) is 16.9 Å². The quantitative estimate of drug-likeness (QED) is 0.483. The summed E-state index contributed by atoms with van der Waals surface area (Å²) in [6.45, 7) is 1.15. The van der Waals surface area contributed by atoms with E-state index in [4.69, 9.17) is 10.5 Å². The number of nitrogens with one attached hydrogen (secondary N) is 1. The summed E-state index contributed by atoms with van der Waals surface area (Å²) in [6, 6.07) is 11.1. The molecule has 156 valence electrons. The van der Waals surface area contributed by atoms with Crippen molar-refractivity contribution >= 4 is 40.1 Å². The molecule has 1 aliphatic heterocycles. The molecule has 3 N–H and O–H groups in total. The molecule has 1 aliphatic rings. The molecule has 0 saturated carbocycles. The number of para-hydroxylation sites is 2. The van der Waals surface area contributed by atoms with Crippen LogP contribution in [-0.2, 0) is 4.74 Å². The van der Waals surface area contributed by atoms with Crippen LogP contribution in [0.4, 0.5) is 5.82 Å². The lowest BCUT2D eigenvalue weighted by Gasteiger charge is -2.10. The number of ether oxygens (including phenoxy) is 1. The first-order valence-electron chi connectivity index (χ1n) is 10.1. The van der Waals surface area contributed by atoms with Gasteiger partial charge in [-0.25, -0.2) is 9.97 Å². The first-order chi connectivity index (χ1) is 15.2. The average molecular weight is 415 g/mol. The highest BCUT2D eigenvalue weighted by atomic mass is 16.5. The molecule has 0 unspecified atom stereocenters. The molecule has 1 amide bonds. The molecule has 0 radical (unpaired) electrons. The number of nitrogens with zero attached hydrogens (tertiary/aromatic N) is 5. The van der Waals surface area contributed by atoms with E-state index in [0.717, 1.165) is 25.0 Å². The van der Waals surface area contributed by atoms with Crippen LogP contribution in [0.1, 0.15) is 28.8 Å². The maximum atomic E-state index is 13.1. The van der Waals surface area contributed by atoms with Gasteiger partial charge in [0.2, 0.25) is 0 Å². The van der Waals surface area contributed by atoms with Crippen molar-refractivity contribution in [3.05, 3.63) is 59.9 Å². The molecule has 1 fully saturated rings. The van der Waals surface area contributed by atoms with Gasteiger partial charge in [0, 0.05) is 25.5 Å². The van der Waals surface area contributed by atoms with E-state index >= 15 is 0 Å². The minimum Gasteiger partial charge on any atom is -0.383 e. The SMILES string of the molecule is Nc1c(C(=O)NC[C@@H]2CCCO2)c2nc3ccccc3nc2n1N=Cc1ccncc1. The van der Waals surface area contributed by atoms with Crippen LogP contribution in [0.5, 0.6) is 0 Å². The summed E-state index contributed by atoms with van der Waals surface area (Å²) in [6.07, 6.45) is 6.95. The van der Waals surface area contributed by atoms with E-state index < -0.39 is 0 Å². The molecule has 0 aliphatic carbocycles. The van der Waals surface area contributed by atoms with E-state index in [-0.39, 0.29) is 23.4 Å². The normalized spacial score (nSPS) is 16.5. The molecule has 9 heteroatoms. The molecular formula is C22H21N7O2. The van der Waals surface area contributed by atoms with E-state index in [9.17, 15) is 4.79 Å². The molecular weight excluding hydrogens is 394 g/mol. The van der Waals surface area contributed by atoms with Crippen LogP contribution >= 0.6 is 0 Å². The summed E-state index contributed by atoms with van der Waals surface area (Å²) in [5.74, 6) is -0.138. The van der Waals surface area contributed by atoms with Gasteiger partial charge < -0.3 is 15.8 Å². The summed E-state index contributed by atoms with van der Waals surface area (Å²) in [4.78, 5) is 26.4. The summed E-state index contributed by atoms with van der Waals surface area (Å²) in [5.41, 5.74) is 9.70. The minimum atomic E-state index is -0.319. The van der Waals surface area contributed by atoms with Crippen LogP contribution < -0.4 is 11.1 Å². The van der Waals surface area contributed by atoms with Crippen LogP contribution in [0, 0.1) is 0 Å². The maximum Gasteiger partial charge on any atom is 0.257 e.